The molecule has 3 aromatic heterocycles. The first-order valence-electron chi connectivity index (χ1n) is 11.2. The van der Waals surface area contributed by atoms with Gasteiger partial charge < -0.3 is 18.9 Å². The maximum atomic E-state index is 12.9. The smallest absolute Gasteiger partial charge is 0.343 e. The summed E-state index contributed by atoms with van der Waals surface area (Å²) in [6.07, 6.45) is 4.11. The van der Waals surface area contributed by atoms with Gasteiger partial charge in [0.1, 0.15) is 17.9 Å². The van der Waals surface area contributed by atoms with Crippen LogP contribution in [0.25, 0.3) is 0 Å². The molecule has 0 aromatic carbocycles. The molecular formula is C25H27N3O5S. The third kappa shape index (κ3) is 5.53. The number of ether oxygens (including phenoxy) is 2. The molecule has 3 aromatic rings. The highest BCUT2D eigenvalue weighted by Crippen LogP contribution is 2.25. The van der Waals surface area contributed by atoms with E-state index in [0.29, 0.717) is 43.9 Å². The first kappa shape index (κ1) is 23.7. The van der Waals surface area contributed by atoms with E-state index in [9.17, 15) is 14.4 Å². The van der Waals surface area contributed by atoms with Crippen LogP contribution in [0, 0.1) is 0 Å². The summed E-state index contributed by atoms with van der Waals surface area (Å²) >= 11 is 1.69. The molecule has 0 unspecified atom stereocenters. The molecule has 34 heavy (non-hydrogen) atoms. The minimum Gasteiger partial charge on any atom is -0.486 e. The fourth-order valence-corrected chi connectivity index (χ4v) is 4.85. The standard InChI is InChI=1S/C25H27N3O5S/c1-32-25(31)24-20-10-12-27(22(29)9-4-7-19-8-5-15-34-19)13-14-28(20)23(30)16-21(24)33-17-18-6-2-3-11-26-18/h2-3,5-6,8,11,15-16H,4,7,9-10,12-14,17H2,1H3. The summed E-state index contributed by atoms with van der Waals surface area (Å²) in [4.78, 5) is 45.7. The van der Waals surface area contributed by atoms with E-state index >= 15 is 0 Å². The van der Waals surface area contributed by atoms with E-state index in [2.05, 4.69) is 11.1 Å². The van der Waals surface area contributed by atoms with Crippen molar-refractivity contribution >= 4 is 23.2 Å². The molecule has 0 spiro atoms. The Hall–Kier alpha value is -3.46. The highest BCUT2D eigenvalue weighted by Gasteiger charge is 2.27. The first-order valence-corrected chi connectivity index (χ1v) is 12.1. The van der Waals surface area contributed by atoms with E-state index in [1.165, 1.54) is 18.1 Å². The molecule has 1 aliphatic heterocycles. The average Bonchev–Trinajstić information content (AvgIpc) is 3.27. The third-order valence-corrected chi connectivity index (χ3v) is 6.77. The maximum absolute atomic E-state index is 12.9. The zero-order chi connectivity index (χ0) is 23.9. The maximum Gasteiger partial charge on any atom is 0.343 e. The fraction of sp³-hybridized carbons (Fsp3) is 0.360. The van der Waals surface area contributed by atoms with Crippen LogP contribution in [0.5, 0.6) is 5.75 Å². The fourth-order valence-electron chi connectivity index (χ4n) is 4.10. The van der Waals surface area contributed by atoms with Gasteiger partial charge in [0.05, 0.1) is 12.8 Å². The number of hydrogen-bond donors (Lipinski definition) is 0. The zero-order valence-corrected chi connectivity index (χ0v) is 19.9. The summed E-state index contributed by atoms with van der Waals surface area (Å²) in [6, 6.07) is 10.8. The van der Waals surface area contributed by atoms with Crippen molar-refractivity contribution in [1.29, 1.82) is 0 Å². The Kier molecular flexibility index (Phi) is 7.74. The van der Waals surface area contributed by atoms with Crippen molar-refractivity contribution in [3.05, 3.63) is 80.2 Å². The van der Waals surface area contributed by atoms with Crippen LogP contribution >= 0.6 is 11.3 Å². The number of nitrogens with zero attached hydrogens (tertiary/aromatic N) is 3. The quantitative estimate of drug-likeness (QED) is 0.459. The van der Waals surface area contributed by atoms with Crippen LogP contribution in [0.3, 0.4) is 0 Å². The molecule has 9 heteroatoms. The number of carbonyl (C=O) groups excluding carboxylic acids is 2. The Morgan fingerprint density at radius 3 is 2.76 bits per heavy atom. The summed E-state index contributed by atoms with van der Waals surface area (Å²) in [5, 5.41) is 2.04. The minimum absolute atomic E-state index is 0.0589. The molecule has 178 valence electrons. The van der Waals surface area contributed by atoms with E-state index in [1.54, 1.807) is 39.1 Å². The largest absolute Gasteiger partial charge is 0.486 e. The molecule has 1 aliphatic rings. The number of methoxy groups -OCH3 is 1. The van der Waals surface area contributed by atoms with Gasteiger partial charge in [-0.1, -0.05) is 12.1 Å². The van der Waals surface area contributed by atoms with Crippen LogP contribution in [0.1, 0.15) is 39.5 Å². The van der Waals surface area contributed by atoms with Gasteiger partial charge in [0.25, 0.3) is 5.56 Å². The lowest BCUT2D eigenvalue weighted by molar-refractivity contribution is -0.131. The number of carbonyl (C=O) groups is 2. The molecular weight excluding hydrogens is 454 g/mol. The van der Waals surface area contributed by atoms with Crippen LogP contribution < -0.4 is 10.3 Å². The molecule has 0 aliphatic carbocycles. The molecule has 8 nitrogen and oxygen atoms in total. The van der Waals surface area contributed by atoms with Crippen molar-refractivity contribution in [2.24, 2.45) is 0 Å². The van der Waals surface area contributed by atoms with Gasteiger partial charge >= 0.3 is 5.97 Å². The Morgan fingerprint density at radius 2 is 2.03 bits per heavy atom. The normalized spacial score (nSPS) is 13.1. The van der Waals surface area contributed by atoms with E-state index in [1.807, 2.05) is 17.5 Å². The summed E-state index contributed by atoms with van der Waals surface area (Å²) in [7, 11) is 1.30. The van der Waals surface area contributed by atoms with Crippen LogP contribution in [0.2, 0.25) is 0 Å². The Bertz CT molecular complexity index is 1190. The topological polar surface area (TPSA) is 90.7 Å². The summed E-state index contributed by atoms with van der Waals surface area (Å²) in [5.41, 5.74) is 1.16. The van der Waals surface area contributed by atoms with E-state index in [0.717, 1.165) is 12.8 Å². The molecule has 0 fully saturated rings. The van der Waals surface area contributed by atoms with Gasteiger partial charge in [-0.3, -0.25) is 14.6 Å². The predicted molar refractivity (Wildman–Crippen MR) is 128 cm³/mol. The number of aromatic nitrogens is 2. The Morgan fingerprint density at radius 1 is 1.15 bits per heavy atom. The van der Waals surface area contributed by atoms with Gasteiger partial charge in [-0.15, -0.1) is 11.3 Å². The number of pyridine rings is 2. The molecule has 0 atom stereocenters. The van der Waals surface area contributed by atoms with Gasteiger partial charge in [0.2, 0.25) is 5.91 Å². The zero-order valence-electron chi connectivity index (χ0n) is 19.1. The number of amides is 1. The summed E-state index contributed by atoms with van der Waals surface area (Å²) in [5.74, 6) is -0.344. The Labute approximate surface area is 201 Å². The number of fused-ring (bicyclic) bond motifs is 1. The van der Waals surface area contributed by atoms with Crippen LogP contribution in [-0.2, 0) is 35.5 Å². The number of rotatable bonds is 8. The molecule has 4 rings (SSSR count). The van der Waals surface area contributed by atoms with Gasteiger partial charge in [-0.05, 0) is 36.4 Å². The molecule has 0 N–H and O–H groups in total. The molecule has 1 amide bonds. The van der Waals surface area contributed by atoms with Gasteiger partial charge in [-0.25, -0.2) is 4.79 Å². The van der Waals surface area contributed by atoms with Crippen molar-refractivity contribution < 1.29 is 19.1 Å². The van der Waals surface area contributed by atoms with E-state index in [4.69, 9.17) is 9.47 Å². The third-order valence-electron chi connectivity index (χ3n) is 5.83. The van der Waals surface area contributed by atoms with E-state index in [-0.39, 0.29) is 29.4 Å². The summed E-state index contributed by atoms with van der Waals surface area (Å²) < 4.78 is 12.4. The lowest BCUT2D eigenvalue weighted by atomic mass is 10.1. The van der Waals surface area contributed by atoms with Gasteiger partial charge in [-0.2, -0.15) is 0 Å². The highest BCUT2D eigenvalue weighted by molar-refractivity contribution is 7.09. The monoisotopic (exact) mass is 481 g/mol. The Balaban J connectivity index is 1.50. The molecule has 0 saturated heterocycles. The molecule has 0 saturated carbocycles. The minimum atomic E-state index is -0.574. The second kappa shape index (κ2) is 11.1. The van der Waals surface area contributed by atoms with Crippen LogP contribution in [0.15, 0.2) is 52.8 Å². The number of hydrogen-bond acceptors (Lipinski definition) is 7. The lowest BCUT2D eigenvalue weighted by Gasteiger charge is -2.19. The second-order valence-electron chi connectivity index (χ2n) is 7.99. The lowest BCUT2D eigenvalue weighted by Crippen LogP contribution is -2.34. The van der Waals surface area contributed by atoms with E-state index < -0.39 is 5.97 Å². The second-order valence-corrected chi connectivity index (χ2v) is 9.02. The number of thiophene rings is 1. The number of esters is 1. The predicted octanol–water partition coefficient (Wildman–Crippen LogP) is 3.08. The summed E-state index contributed by atoms with van der Waals surface area (Å²) in [6.45, 7) is 1.27. The van der Waals surface area contributed by atoms with Crippen molar-refractivity contribution in [2.75, 3.05) is 20.2 Å². The SMILES string of the molecule is COC(=O)c1c(OCc2ccccn2)cc(=O)n2c1CCN(C(=O)CCCc1cccs1)CC2. The van der Waals surface area contributed by atoms with Crippen molar-refractivity contribution in [1.82, 2.24) is 14.5 Å². The average molecular weight is 482 g/mol. The molecule has 0 radical (unpaired) electrons. The van der Waals surface area contributed by atoms with Gasteiger partial charge in [0.15, 0.2) is 0 Å². The van der Waals surface area contributed by atoms with Gasteiger partial charge in [0, 0.05) is 55.3 Å². The highest BCUT2D eigenvalue weighted by atomic mass is 32.1. The molecule has 0 bridgehead atoms. The number of aryl methyl sites for hydroxylation is 1. The van der Waals surface area contributed by atoms with Crippen molar-refractivity contribution in [3.63, 3.8) is 0 Å². The van der Waals surface area contributed by atoms with Crippen LogP contribution in [0.4, 0.5) is 0 Å². The first-order chi connectivity index (χ1) is 16.6. The van der Waals surface area contributed by atoms with Crippen LogP contribution in [-0.4, -0.2) is 46.5 Å². The molecule has 4 heterocycles. The van der Waals surface area contributed by atoms with Crippen molar-refractivity contribution in [2.45, 2.75) is 38.8 Å². The van der Waals surface area contributed by atoms with Crippen molar-refractivity contribution in [3.8, 4) is 5.75 Å².